The van der Waals surface area contributed by atoms with Crippen LogP contribution in [0.5, 0.6) is 0 Å². The molecule has 26 heavy (non-hydrogen) atoms. The topological polar surface area (TPSA) is 64.0 Å². The number of aromatic nitrogens is 2. The number of halogens is 1. The lowest BCUT2D eigenvalue weighted by Gasteiger charge is -2.09. The lowest BCUT2D eigenvalue weighted by Crippen LogP contribution is -2.33. The van der Waals surface area contributed by atoms with E-state index >= 15 is 0 Å². The Morgan fingerprint density at radius 1 is 1.04 bits per heavy atom. The van der Waals surface area contributed by atoms with Crippen molar-refractivity contribution in [3.63, 3.8) is 0 Å². The summed E-state index contributed by atoms with van der Waals surface area (Å²) in [5.74, 6) is -0.658. The minimum absolute atomic E-state index is 0.181. The number of amides is 1. The van der Waals surface area contributed by atoms with Crippen molar-refractivity contribution in [3.8, 4) is 11.3 Å². The highest BCUT2D eigenvalue weighted by molar-refractivity contribution is 5.75. The summed E-state index contributed by atoms with van der Waals surface area (Å²) < 4.78 is 14.1. The summed E-state index contributed by atoms with van der Waals surface area (Å²) in [4.78, 5) is 24.1. The van der Waals surface area contributed by atoms with E-state index in [1.165, 1.54) is 18.2 Å². The van der Waals surface area contributed by atoms with Crippen LogP contribution in [-0.4, -0.2) is 15.7 Å². The Balaban J connectivity index is 1.69. The smallest absolute Gasteiger partial charge is 0.267 e. The SMILES string of the molecule is Cc1ccc(CNC(=O)Cn2nc(-c3ccc(F)cc3)ccc2=O)cc1. The van der Waals surface area contributed by atoms with Gasteiger partial charge in [-0.15, -0.1) is 0 Å². The summed E-state index contributed by atoms with van der Waals surface area (Å²) in [6.07, 6.45) is 0. The molecule has 3 rings (SSSR count). The van der Waals surface area contributed by atoms with Crippen LogP contribution in [0.25, 0.3) is 11.3 Å². The highest BCUT2D eigenvalue weighted by atomic mass is 19.1. The first-order chi connectivity index (χ1) is 12.5. The van der Waals surface area contributed by atoms with Crippen molar-refractivity contribution in [2.45, 2.75) is 20.0 Å². The van der Waals surface area contributed by atoms with Crippen molar-refractivity contribution >= 4 is 5.91 Å². The molecule has 1 heterocycles. The van der Waals surface area contributed by atoms with E-state index in [-0.39, 0.29) is 23.8 Å². The predicted molar refractivity (Wildman–Crippen MR) is 96.9 cm³/mol. The van der Waals surface area contributed by atoms with Gasteiger partial charge in [0.2, 0.25) is 5.91 Å². The number of carbonyl (C=O) groups excluding carboxylic acids is 1. The lowest BCUT2D eigenvalue weighted by atomic mass is 10.1. The number of benzene rings is 2. The average molecular weight is 351 g/mol. The fourth-order valence-corrected chi connectivity index (χ4v) is 2.44. The van der Waals surface area contributed by atoms with Crippen LogP contribution in [0.4, 0.5) is 4.39 Å². The summed E-state index contributed by atoms with van der Waals surface area (Å²) in [5, 5.41) is 6.97. The van der Waals surface area contributed by atoms with Gasteiger partial charge < -0.3 is 5.32 Å². The molecule has 0 radical (unpaired) electrons. The van der Waals surface area contributed by atoms with Crippen molar-refractivity contribution in [1.29, 1.82) is 0 Å². The Bertz CT molecular complexity index is 964. The second-order valence-corrected chi connectivity index (χ2v) is 5.98. The first-order valence-corrected chi connectivity index (χ1v) is 8.17. The van der Waals surface area contributed by atoms with Crippen LogP contribution < -0.4 is 10.9 Å². The Hall–Kier alpha value is -3.28. The van der Waals surface area contributed by atoms with E-state index in [1.807, 2.05) is 31.2 Å². The van der Waals surface area contributed by atoms with E-state index in [0.717, 1.165) is 15.8 Å². The van der Waals surface area contributed by atoms with Crippen LogP contribution in [-0.2, 0) is 17.9 Å². The maximum Gasteiger partial charge on any atom is 0.267 e. The Morgan fingerprint density at radius 3 is 2.42 bits per heavy atom. The van der Waals surface area contributed by atoms with Crippen LogP contribution in [0.3, 0.4) is 0 Å². The van der Waals surface area contributed by atoms with Gasteiger partial charge in [0, 0.05) is 18.2 Å². The van der Waals surface area contributed by atoms with Gasteiger partial charge in [-0.25, -0.2) is 9.07 Å². The number of hydrogen-bond acceptors (Lipinski definition) is 3. The molecule has 132 valence electrons. The largest absolute Gasteiger partial charge is 0.350 e. The molecular weight excluding hydrogens is 333 g/mol. The molecule has 0 fully saturated rings. The van der Waals surface area contributed by atoms with Gasteiger partial charge in [-0.1, -0.05) is 29.8 Å². The van der Waals surface area contributed by atoms with E-state index in [4.69, 9.17) is 0 Å². The first kappa shape index (κ1) is 17.5. The number of nitrogens with zero attached hydrogens (tertiary/aromatic N) is 2. The van der Waals surface area contributed by atoms with Crippen molar-refractivity contribution < 1.29 is 9.18 Å². The van der Waals surface area contributed by atoms with Crippen LogP contribution in [0.1, 0.15) is 11.1 Å². The third-order valence-corrected chi connectivity index (χ3v) is 3.91. The molecule has 0 aliphatic rings. The molecule has 5 nitrogen and oxygen atoms in total. The zero-order chi connectivity index (χ0) is 18.5. The van der Waals surface area contributed by atoms with E-state index in [1.54, 1.807) is 18.2 Å². The minimum atomic E-state index is -0.374. The number of hydrogen-bond donors (Lipinski definition) is 1. The molecule has 6 heteroatoms. The van der Waals surface area contributed by atoms with Crippen molar-refractivity contribution in [1.82, 2.24) is 15.1 Å². The molecule has 0 bridgehead atoms. The number of rotatable bonds is 5. The minimum Gasteiger partial charge on any atom is -0.350 e. The normalized spacial score (nSPS) is 10.5. The standard InChI is InChI=1S/C20H18FN3O2/c1-14-2-4-15(5-3-14)12-22-19(25)13-24-20(26)11-10-18(23-24)16-6-8-17(21)9-7-16/h2-11H,12-13H2,1H3,(H,22,25). The molecule has 2 aromatic carbocycles. The third-order valence-electron chi connectivity index (χ3n) is 3.91. The molecule has 1 aromatic heterocycles. The third kappa shape index (κ3) is 4.42. The number of nitrogens with one attached hydrogen (secondary N) is 1. The maximum atomic E-state index is 13.0. The highest BCUT2D eigenvalue weighted by Gasteiger charge is 2.08. The molecule has 0 spiro atoms. The summed E-state index contributed by atoms with van der Waals surface area (Å²) in [6, 6.07) is 16.5. The monoisotopic (exact) mass is 351 g/mol. The second kappa shape index (κ2) is 7.74. The maximum absolute atomic E-state index is 13.0. The molecule has 0 atom stereocenters. The van der Waals surface area contributed by atoms with Crippen molar-refractivity contribution in [2.75, 3.05) is 0 Å². The van der Waals surface area contributed by atoms with Crippen molar-refractivity contribution in [2.24, 2.45) is 0 Å². The highest BCUT2D eigenvalue weighted by Crippen LogP contribution is 2.15. The van der Waals surface area contributed by atoms with Crippen LogP contribution in [0, 0.1) is 12.7 Å². The summed E-state index contributed by atoms with van der Waals surface area (Å²) in [7, 11) is 0. The zero-order valence-corrected chi connectivity index (χ0v) is 14.3. The van der Waals surface area contributed by atoms with Gasteiger partial charge in [0.05, 0.1) is 5.69 Å². The van der Waals surface area contributed by atoms with Gasteiger partial charge in [0.1, 0.15) is 12.4 Å². The number of carbonyl (C=O) groups is 1. The first-order valence-electron chi connectivity index (χ1n) is 8.17. The molecule has 0 aliphatic heterocycles. The molecule has 1 N–H and O–H groups in total. The summed E-state index contributed by atoms with van der Waals surface area (Å²) >= 11 is 0. The zero-order valence-electron chi connectivity index (χ0n) is 14.3. The molecule has 3 aromatic rings. The van der Waals surface area contributed by atoms with Gasteiger partial charge in [-0.2, -0.15) is 5.10 Å². The van der Waals surface area contributed by atoms with E-state index in [2.05, 4.69) is 10.4 Å². The molecule has 0 saturated carbocycles. The van der Waals surface area contributed by atoms with Gasteiger partial charge in [-0.05, 0) is 42.8 Å². The van der Waals surface area contributed by atoms with Gasteiger partial charge in [-0.3, -0.25) is 9.59 Å². The Kier molecular flexibility index (Phi) is 5.22. The summed E-state index contributed by atoms with van der Waals surface area (Å²) in [6.45, 7) is 2.19. The van der Waals surface area contributed by atoms with Crippen LogP contribution in [0.15, 0.2) is 65.5 Å². The molecule has 0 unspecified atom stereocenters. The molecular formula is C20H18FN3O2. The van der Waals surface area contributed by atoms with Gasteiger partial charge in [0.25, 0.3) is 5.56 Å². The fraction of sp³-hybridized carbons (Fsp3) is 0.150. The van der Waals surface area contributed by atoms with Gasteiger partial charge >= 0.3 is 0 Å². The van der Waals surface area contributed by atoms with Crippen LogP contribution >= 0.6 is 0 Å². The van der Waals surface area contributed by atoms with E-state index in [0.29, 0.717) is 17.8 Å². The second-order valence-electron chi connectivity index (χ2n) is 5.98. The molecule has 0 aliphatic carbocycles. The number of aryl methyl sites for hydroxylation is 1. The lowest BCUT2D eigenvalue weighted by molar-refractivity contribution is -0.122. The Labute approximate surface area is 150 Å². The quantitative estimate of drug-likeness (QED) is 0.769. The van der Waals surface area contributed by atoms with E-state index < -0.39 is 0 Å². The average Bonchev–Trinajstić information content (AvgIpc) is 2.64. The molecule has 1 amide bonds. The van der Waals surface area contributed by atoms with Crippen molar-refractivity contribution in [3.05, 3.63) is 88.0 Å². The predicted octanol–water partition coefficient (Wildman–Crippen LogP) is 2.67. The Morgan fingerprint density at radius 2 is 1.73 bits per heavy atom. The summed E-state index contributed by atoms with van der Waals surface area (Å²) in [5.41, 5.74) is 2.91. The van der Waals surface area contributed by atoms with E-state index in [9.17, 15) is 14.0 Å². The fourth-order valence-electron chi connectivity index (χ4n) is 2.44. The van der Waals surface area contributed by atoms with Crippen LogP contribution in [0.2, 0.25) is 0 Å². The molecule has 0 saturated heterocycles. The van der Waals surface area contributed by atoms with Gasteiger partial charge in [0.15, 0.2) is 0 Å².